The van der Waals surface area contributed by atoms with Crippen LogP contribution in [0.25, 0.3) is 10.9 Å². The van der Waals surface area contributed by atoms with Crippen molar-refractivity contribution < 1.29 is 12.8 Å². The monoisotopic (exact) mass is 471 g/mol. The molecule has 0 aliphatic heterocycles. The van der Waals surface area contributed by atoms with Gasteiger partial charge in [0, 0.05) is 13.0 Å². The lowest BCUT2D eigenvalue weighted by Crippen LogP contribution is -2.24. The van der Waals surface area contributed by atoms with Gasteiger partial charge in [0.25, 0.3) is 5.56 Å². The topological polar surface area (TPSA) is 134 Å². The van der Waals surface area contributed by atoms with Crippen molar-refractivity contribution in [1.29, 1.82) is 0 Å². The number of benzene rings is 2. The van der Waals surface area contributed by atoms with Gasteiger partial charge in [0.2, 0.25) is 21.8 Å². The van der Waals surface area contributed by atoms with Crippen LogP contribution in [-0.2, 0) is 35.2 Å². The van der Waals surface area contributed by atoms with Crippen molar-refractivity contribution >= 4 is 32.7 Å². The average molecular weight is 472 g/mol. The van der Waals surface area contributed by atoms with Crippen LogP contribution in [0.15, 0.2) is 67.8 Å². The predicted octanol–water partition coefficient (Wildman–Crippen LogP) is 2.52. The molecule has 11 heteroatoms. The van der Waals surface area contributed by atoms with E-state index in [2.05, 4.69) is 15.2 Å². The second-order valence-corrected chi connectivity index (χ2v) is 9.54. The number of nitrogens with two attached hydrogens (primary N) is 1. The molecular weight excluding hydrogens is 450 g/mol. The zero-order valence-corrected chi connectivity index (χ0v) is 18.9. The molecule has 2 aromatic heterocycles. The molecule has 0 fully saturated rings. The largest absolute Gasteiger partial charge is 0.424 e. The van der Waals surface area contributed by atoms with E-state index in [9.17, 15) is 13.2 Å². The van der Waals surface area contributed by atoms with Crippen LogP contribution in [-0.4, -0.2) is 28.2 Å². The number of primary sulfonamides is 1. The molecule has 0 bridgehead atoms. The molecule has 4 aromatic rings. The number of fused-ring (bicyclic) bond motifs is 1. The molecule has 0 radical (unpaired) electrons. The zero-order valence-electron chi connectivity index (χ0n) is 17.3. The molecular formula is C21H21N5O4S2. The second-order valence-electron chi connectivity index (χ2n) is 7.04. The minimum atomic E-state index is -3.75. The van der Waals surface area contributed by atoms with Gasteiger partial charge in [0.05, 0.1) is 21.6 Å². The smallest absolute Gasteiger partial charge is 0.262 e. The third-order valence-corrected chi connectivity index (χ3v) is 6.73. The van der Waals surface area contributed by atoms with E-state index >= 15 is 0 Å². The van der Waals surface area contributed by atoms with Crippen LogP contribution < -0.4 is 10.7 Å². The maximum atomic E-state index is 13.2. The summed E-state index contributed by atoms with van der Waals surface area (Å²) in [6.45, 7) is 2.31. The number of nitrogens with zero attached hydrogens (tertiary/aromatic N) is 4. The number of sulfonamides is 1. The molecule has 0 saturated carbocycles. The lowest BCUT2D eigenvalue weighted by atomic mass is 10.1. The molecule has 0 spiro atoms. The van der Waals surface area contributed by atoms with Gasteiger partial charge in [0.15, 0.2) is 5.16 Å². The molecule has 2 heterocycles. The van der Waals surface area contributed by atoms with Crippen LogP contribution in [0.3, 0.4) is 0 Å². The fraction of sp³-hybridized carbons (Fsp3) is 0.238. The number of thioether (sulfide) groups is 1. The van der Waals surface area contributed by atoms with Gasteiger partial charge in [-0.05, 0) is 36.2 Å². The summed E-state index contributed by atoms with van der Waals surface area (Å²) in [7, 11) is -3.75. The van der Waals surface area contributed by atoms with Crippen LogP contribution in [0, 0.1) is 0 Å². The van der Waals surface area contributed by atoms with Crippen molar-refractivity contribution in [1.82, 2.24) is 19.7 Å². The highest BCUT2D eigenvalue weighted by Crippen LogP contribution is 2.22. The average Bonchev–Trinajstić information content (AvgIpc) is 3.25. The summed E-state index contributed by atoms with van der Waals surface area (Å²) in [5.74, 6) is 1.42. The number of hydrogen-bond acceptors (Lipinski definition) is 8. The van der Waals surface area contributed by atoms with Crippen molar-refractivity contribution in [2.75, 3.05) is 0 Å². The quantitative estimate of drug-likeness (QED) is 0.306. The first-order valence-electron chi connectivity index (χ1n) is 9.90. The first-order valence-corrected chi connectivity index (χ1v) is 12.4. The maximum absolute atomic E-state index is 13.2. The molecule has 0 unspecified atom stereocenters. The second kappa shape index (κ2) is 9.23. The zero-order chi connectivity index (χ0) is 22.7. The van der Waals surface area contributed by atoms with E-state index in [0.29, 0.717) is 53.0 Å². The van der Waals surface area contributed by atoms with Crippen molar-refractivity contribution in [2.24, 2.45) is 5.14 Å². The Labute approximate surface area is 188 Å². The SMILES string of the molecule is CCc1nnc(CSc2nc3ccccc3c(=O)n2CCc2ccc(S(N)(=O)=O)cc2)o1. The van der Waals surface area contributed by atoms with Gasteiger partial charge in [-0.15, -0.1) is 10.2 Å². The van der Waals surface area contributed by atoms with Crippen LogP contribution in [0.4, 0.5) is 0 Å². The summed E-state index contributed by atoms with van der Waals surface area (Å²) in [4.78, 5) is 17.9. The van der Waals surface area contributed by atoms with Gasteiger partial charge in [-0.1, -0.05) is 43.0 Å². The van der Waals surface area contributed by atoms with E-state index in [0.717, 1.165) is 5.56 Å². The summed E-state index contributed by atoms with van der Waals surface area (Å²) >= 11 is 1.35. The summed E-state index contributed by atoms with van der Waals surface area (Å²) in [6, 6.07) is 13.5. The standard InChI is InChI=1S/C21H21N5O4S2/c1-2-18-24-25-19(30-18)13-31-21-23-17-6-4-3-5-16(17)20(27)26(21)12-11-14-7-9-15(10-8-14)32(22,28)29/h3-10H,2,11-13H2,1H3,(H2,22,28,29). The fourth-order valence-electron chi connectivity index (χ4n) is 3.16. The van der Waals surface area contributed by atoms with E-state index < -0.39 is 10.0 Å². The Kier molecular flexibility index (Phi) is 6.40. The molecule has 32 heavy (non-hydrogen) atoms. The number of rotatable bonds is 8. The maximum Gasteiger partial charge on any atom is 0.262 e. The molecule has 0 aliphatic rings. The van der Waals surface area contributed by atoms with Gasteiger partial charge in [-0.2, -0.15) is 0 Å². The Morgan fingerprint density at radius 3 is 2.47 bits per heavy atom. The van der Waals surface area contributed by atoms with Crippen molar-refractivity contribution in [3.63, 3.8) is 0 Å². The van der Waals surface area contributed by atoms with Gasteiger partial charge < -0.3 is 4.42 Å². The molecule has 0 aliphatic carbocycles. The predicted molar refractivity (Wildman–Crippen MR) is 121 cm³/mol. The molecule has 166 valence electrons. The molecule has 0 amide bonds. The lowest BCUT2D eigenvalue weighted by Gasteiger charge is -2.13. The number of aryl methyl sites for hydroxylation is 2. The first-order chi connectivity index (χ1) is 15.3. The summed E-state index contributed by atoms with van der Waals surface area (Å²) in [5.41, 5.74) is 1.35. The summed E-state index contributed by atoms with van der Waals surface area (Å²) in [6.07, 6.45) is 1.17. The van der Waals surface area contributed by atoms with Gasteiger partial charge >= 0.3 is 0 Å². The number of aromatic nitrogens is 4. The van der Waals surface area contributed by atoms with E-state index in [4.69, 9.17) is 9.56 Å². The summed E-state index contributed by atoms with van der Waals surface area (Å²) in [5, 5.41) is 14.2. The van der Waals surface area contributed by atoms with Crippen LogP contribution >= 0.6 is 11.8 Å². The third kappa shape index (κ3) is 4.90. The Morgan fingerprint density at radius 1 is 1.06 bits per heavy atom. The minimum absolute atomic E-state index is 0.0491. The Hall–Kier alpha value is -3.02. The molecule has 9 nitrogen and oxygen atoms in total. The van der Waals surface area contributed by atoms with Crippen LogP contribution in [0.2, 0.25) is 0 Å². The minimum Gasteiger partial charge on any atom is -0.424 e. The van der Waals surface area contributed by atoms with Gasteiger partial charge in [0.1, 0.15) is 0 Å². The number of hydrogen-bond donors (Lipinski definition) is 1. The van der Waals surface area contributed by atoms with Gasteiger partial charge in [-0.3, -0.25) is 9.36 Å². The van der Waals surface area contributed by atoms with Crippen LogP contribution in [0.5, 0.6) is 0 Å². The lowest BCUT2D eigenvalue weighted by molar-refractivity contribution is 0.469. The first kappa shape index (κ1) is 22.2. The Morgan fingerprint density at radius 2 is 1.78 bits per heavy atom. The molecule has 0 atom stereocenters. The Balaban J connectivity index is 1.61. The van der Waals surface area contributed by atoms with E-state index in [1.54, 1.807) is 34.9 Å². The number of para-hydroxylation sites is 1. The highest BCUT2D eigenvalue weighted by atomic mass is 32.2. The van der Waals surface area contributed by atoms with Crippen molar-refractivity contribution in [2.45, 2.75) is 42.1 Å². The van der Waals surface area contributed by atoms with Crippen molar-refractivity contribution in [3.05, 3.63) is 76.2 Å². The van der Waals surface area contributed by atoms with Gasteiger partial charge in [-0.25, -0.2) is 18.5 Å². The molecule has 2 N–H and O–H groups in total. The van der Waals surface area contributed by atoms with E-state index in [1.807, 2.05) is 13.0 Å². The highest BCUT2D eigenvalue weighted by molar-refractivity contribution is 7.98. The third-order valence-electron chi connectivity index (χ3n) is 4.84. The summed E-state index contributed by atoms with van der Waals surface area (Å²) < 4.78 is 30.1. The Bertz CT molecular complexity index is 1410. The van der Waals surface area contributed by atoms with E-state index in [-0.39, 0.29) is 10.5 Å². The van der Waals surface area contributed by atoms with Crippen LogP contribution in [0.1, 0.15) is 24.3 Å². The molecule has 0 saturated heterocycles. The normalized spacial score (nSPS) is 11.8. The molecule has 2 aromatic carbocycles. The van der Waals surface area contributed by atoms with Crippen molar-refractivity contribution in [3.8, 4) is 0 Å². The highest BCUT2D eigenvalue weighted by Gasteiger charge is 2.14. The molecule has 4 rings (SSSR count). The fourth-order valence-corrected chi connectivity index (χ4v) is 4.54. The van der Waals surface area contributed by atoms with E-state index in [1.165, 1.54) is 23.9 Å².